The second-order valence-corrected chi connectivity index (χ2v) is 11.4. The summed E-state index contributed by atoms with van der Waals surface area (Å²) in [5, 5.41) is 0. The Morgan fingerprint density at radius 2 is 1.76 bits per heavy atom. The number of ketones is 1. The van der Waals surface area contributed by atoms with Crippen LogP contribution in [0.15, 0.2) is 24.3 Å². The van der Waals surface area contributed by atoms with Crippen LogP contribution < -0.4 is 0 Å². The van der Waals surface area contributed by atoms with Gasteiger partial charge in [0.15, 0.2) is 11.9 Å². The summed E-state index contributed by atoms with van der Waals surface area (Å²) in [7, 11) is 0. The maximum Gasteiger partial charge on any atom is 0.330 e. The first-order valence-corrected chi connectivity index (χ1v) is 11.6. The van der Waals surface area contributed by atoms with Crippen molar-refractivity contribution in [2.24, 2.45) is 34.0 Å². The molecule has 4 rings (SSSR count). The Bertz CT molecular complexity index is 993. The molecule has 0 bridgehead atoms. The smallest absolute Gasteiger partial charge is 0.330 e. The van der Waals surface area contributed by atoms with Crippen LogP contribution in [-0.2, 0) is 33.4 Å². The van der Waals surface area contributed by atoms with Crippen molar-refractivity contribution in [2.75, 3.05) is 0 Å². The quantitative estimate of drug-likeness (QED) is 0.337. The Labute approximate surface area is 194 Å². The van der Waals surface area contributed by atoms with Crippen LogP contribution >= 0.6 is 0 Å². The molecular weight excluding hydrogens is 424 g/mol. The second-order valence-electron chi connectivity index (χ2n) is 11.4. The lowest BCUT2D eigenvalue weighted by atomic mass is 9.37. The van der Waals surface area contributed by atoms with Gasteiger partial charge in [-0.05, 0) is 51.9 Å². The van der Waals surface area contributed by atoms with Gasteiger partial charge in [-0.2, -0.15) is 0 Å². The number of carbonyl (C=O) groups excluding carboxylic acids is 4. The van der Waals surface area contributed by atoms with E-state index in [1.54, 1.807) is 13.8 Å². The molecule has 2 aliphatic heterocycles. The molecule has 2 heterocycles. The summed E-state index contributed by atoms with van der Waals surface area (Å²) in [6.07, 6.45) is 2.64. The molecule has 33 heavy (non-hydrogen) atoms. The van der Waals surface area contributed by atoms with E-state index in [-0.39, 0.29) is 17.6 Å². The standard InChI is InChI=1S/C26H34O7/c1-13-11-17-24(6)10-9-19(28)33-23(4,5)16(24)12-18(32-15(3)27)26(17,8)20-22(30)31-14(2)21(29)25(13,20)7/h9-10,14,16-18,20H,1,11-12H2,2-8H3/t14-,16+,17-,18+,20-,24-,25+,26-/m1/s1. The third kappa shape index (κ3) is 3.00. The minimum Gasteiger partial charge on any atom is -0.462 e. The topological polar surface area (TPSA) is 96.0 Å². The van der Waals surface area contributed by atoms with Gasteiger partial charge in [0, 0.05) is 24.3 Å². The molecule has 0 aromatic rings. The number of ether oxygens (including phenoxy) is 3. The zero-order valence-corrected chi connectivity index (χ0v) is 20.5. The summed E-state index contributed by atoms with van der Waals surface area (Å²) in [5.74, 6) is -2.85. The predicted molar refractivity (Wildman–Crippen MR) is 119 cm³/mol. The zero-order chi connectivity index (χ0) is 24.7. The third-order valence-electron chi connectivity index (χ3n) is 9.28. The second kappa shape index (κ2) is 7.03. The van der Waals surface area contributed by atoms with Crippen molar-refractivity contribution in [3.05, 3.63) is 24.3 Å². The highest BCUT2D eigenvalue weighted by molar-refractivity contribution is 6.00. The summed E-state index contributed by atoms with van der Waals surface area (Å²) in [5.41, 5.74) is -2.80. The number of rotatable bonds is 1. The first-order valence-electron chi connectivity index (χ1n) is 11.6. The maximum absolute atomic E-state index is 13.5. The van der Waals surface area contributed by atoms with Crippen LogP contribution in [0.25, 0.3) is 0 Å². The molecular formula is C26H34O7. The summed E-state index contributed by atoms with van der Waals surface area (Å²) >= 11 is 0. The van der Waals surface area contributed by atoms with E-state index >= 15 is 0 Å². The molecule has 0 aromatic heterocycles. The molecule has 0 N–H and O–H groups in total. The Morgan fingerprint density at radius 1 is 1.12 bits per heavy atom. The molecule has 4 aliphatic rings. The number of fused-ring (bicyclic) bond motifs is 5. The number of allylic oxidation sites excluding steroid dienone is 2. The molecule has 0 spiro atoms. The fourth-order valence-corrected chi connectivity index (χ4v) is 7.75. The fraction of sp³-hybridized carbons (Fsp3) is 0.692. The fourth-order valence-electron chi connectivity index (χ4n) is 7.75. The van der Waals surface area contributed by atoms with Crippen LogP contribution in [0.1, 0.15) is 61.3 Å². The van der Waals surface area contributed by atoms with Crippen molar-refractivity contribution < 1.29 is 33.4 Å². The first-order chi connectivity index (χ1) is 15.1. The van der Waals surface area contributed by atoms with Crippen molar-refractivity contribution >= 4 is 23.7 Å². The van der Waals surface area contributed by atoms with E-state index in [9.17, 15) is 19.2 Å². The molecule has 8 atom stereocenters. The maximum atomic E-state index is 13.5. The normalized spacial score (nSPS) is 46.2. The van der Waals surface area contributed by atoms with Crippen LogP contribution in [0.2, 0.25) is 0 Å². The lowest BCUT2D eigenvalue weighted by Crippen LogP contribution is -2.71. The minimum atomic E-state index is -1.13. The summed E-state index contributed by atoms with van der Waals surface area (Å²) in [4.78, 5) is 51.6. The van der Waals surface area contributed by atoms with Gasteiger partial charge in [-0.1, -0.05) is 32.1 Å². The number of hydrogen-bond donors (Lipinski definition) is 0. The molecule has 3 fully saturated rings. The van der Waals surface area contributed by atoms with Gasteiger partial charge in [-0.25, -0.2) is 4.79 Å². The lowest BCUT2D eigenvalue weighted by Gasteiger charge is -2.67. The van der Waals surface area contributed by atoms with Gasteiger partial charge in [0.05, 0.1) is 11.3 Å². The zero-order valence-electron chi connectivity index (χ0n) is 20.5. The van der Waals surface area contributed by atoms with E-state index in [1.165, 1.54) is 13.0 Å². The van der Waals surface area contributed by atoms with Gasteiger partial charge in [0.1, 0.15) is 11.7 Å². The van der Waals surface area contributed by atoms with Gasteiger partial charge in [-0.15, -0.1) is 0 Å². The van der Waals surface area contributed by atoms with Crippen LogP contribution in [-0.4, -0.2) is 41.5 Å². The van der Waals surface area contributed by atoms with Gasteiger partial charge in [0.2, 0.25) is 0 Å². The number of hydrogen-bond acceptors (Lipinski definition) is 7. The average molecular weight is 459 g/mol. The van der Waals surface area contributed by atoms with E-state index in [0.717, 1.165) is 0 Å². The third-order valence-corrected chi connectivity index (χ3v) is 9.28. The van der Waals surface area contributed by atoms with Crippen molar-refractivity contribution in [3.63, 3.8) is 0 Å². The van der Waals surface area contributed by atoms with Crippen LogP contribution in [0.5, 0.6) is 0 Å². The molecule has 0 aromatic carbocycles. The molecule has 2 saturated carbocycles. The molecule has 7 nitrogen and oxygen atoms in total. The van der Waals surface area contributed by atoms with Crippen molar-refractivity contribution in [1.29, 1.82) is 0 Å². The number of carbonyl (C=O) groups is 4. The Balaban J connectivity index is 1.98. The SMILES string of the molecule is C=C1C[C@@H]2[C@]3(C)C=CC(=O)OC(C)(C)[C@@H]3C[C@H](OC(C)=O)[C@]2(C)[C@@H]2C(=O)O[C@H](C)C(=O)[C@@]12C. The van der Waals surface area contributed by atoms with Crippen LogP contribution in [0.3, 0.4) is 0 Å². The Hall–Kier alpha value is -2.44. The van der Waals surface area contributed by atoms with Gasteiger partial charge < -0.3 is 14.2 Å². The molecule has 180 valence electrons. The minimum absolute atomic E-state index is 0.180. The molecule has 2 aliphatic carbocycles. The summed E-state index contributed by atoms with van der Waals surface area (Å²) in [6.45, 7) is 16.7. The highest BCUT2D eigenvalue weighted by Gasteiger charge is 2.73. The van der Waals surface area contributed by atoms with E-state index in [0.29, 0.717) is 18.4 Å². The van der Waals surface area contributed by atoms with Crippen LogP contribution in [0, 0.1) is 34.0 Å². The molecule has 0 amide bonds. The van der Waals surface area contributed by atoms with Crippen LogP contribution in [0.4, 0.5) is 0 Å². The van der Waals surface area contributed by atoms with E-state index in [4.69, 9.17) is 14.2 Å². The van der Waals surface area contributed by atoms with Gasteiger partial charge in [0.25, 0.3) is 0 Å². The van der Waals surface area contributed by atoms with E-state index in [2.05, 4.69) is 13.5 Å². The molecule has 7 heteroatoms. The molecule has 0 radical (unpaired) electrons. The van der Waals surface area contributed by atoms with E-state index < -0.39 is 57.9 Å². The number of cyclic esters (lactones) is 2. The average Bonchev–Trinajstić information content (AvgIpc) is 2.76. The predicted octanol–water partition coefficient (Wildman–Crippen LogP) is 3.56. The first kappa shape index (κ1) is 23.7. The number of esters is 3. The Kier molecular flexibility index (Phi) is 5.05. The van der Waals surface area contributed by atoms with Gasteiger partial charge >= 0.3 is 17.9 Å². The van der Waals surface area contributed by atoms with Crippen molar-refractivity contribution in [3.8, 4) is 0 Å². The van der Waals surface area contributed by atoms with Crippen molar-refractivity contribution in [1.82, 2.24) is 0 Å². The summed E-state index contributed by atoms with van der Waals surface area (Å²) < 4.78 is 17.2. The molecule has 1 saturated heterocycles. The highest BCUT2D eigenvalue weighted by atomic mass is 16.6. The molecule has 0 unspecified atom stereocenters. The van der Waals surface area contributed by atoms with Crippen molar-refractivity contribution in [2.45, 2.75) is 79.1 Å². The monoisotopic (exact) mass is 458 g/mol. The largest absolute Gasteiger partial charge is 0.462 e. The lowest BCUT2D eigenvalue weighted by molar-refractivity contribution is -0.237. The Morgan fingerprint density at radius 3 is 2.36 bits per heavy atom. The summed E-state index contributed by atoms with van der Waals surface area (Å²) in [6, 6.07) is 0. The highest BCUT2D eigenvalue weighted by Crippen LogP contribution is 2.70. The number of Topliss-reactive ketones (excluding diaryl/α,β-unsaturated/α-hetero) is 1. The van der Waals surface area contributed by atoms with E-state index in [1.807, 2.05) is 26.8 Å². The van der Waals surface area contributed by atoms with Gasteiger partial charge in [-0.3, -0.25) is 14.4 Å².